The lowest BCUT2D eigenvalue weighted by molar-refractivity contribution is 0.571. The molecule has 0 aliphatic rings. The quantitative estimate of drug-likeness (QED) is 0.455. The summed E-state index contributed by atoms with van der Waals surface area (Å²) in [5.74, 6) is 8.08. The molecule has 0 aliphatic carbocycles. The van der Waals surface area contributed by atoms with E-state index >= 15 is 0 Å². The van der Waals surface area contributed by atoms with Crippen molar-refractivity contribution in [3.63, 3.8) is 0 Å². The van der Waals surface area contributed by atoms with Crippen LogP contribution in [0.1, 0.15) is 18.0 Å². The lowest BCUT2D eigenvalue weighted by Gasteiger charge is -2.14. The third-order valence-electron chi connectivity index (χ3n) is 2.43. The predicted octanol–water partition coefficient (Wildman–Crippen LogP) is 1.16. The summed E-state index contributed by atoms with van der Waals surface area (Å²) in [7, 11) is 0. The Kier molecular flexibility index (Phi) is 3.10. The second-order valence-electron chi connectivity index (χ2n) is 3.40. The smallest absolute Gasteiger partial charge is 0.0935 e. The first-order valence-electron chi connectivity index (χ1n) is 4.96. The minimum Gasteiger partial charge on any atom is -0.271 e. The molecule has 2 aromatic rings. The third-order valence-corrected chi connectivity index (χ3v) is 2.43. The van der Waals surface area contributed by atoms with Gasteiger partial charge in [0, 0.05) is 18.8 Å². The molecule has 2 rings (SSSR count). The highest BCUT2D eigenvalue weighted by atomic mass is 15.2. The molecule has 0 saturated heterocycles. The SMILES string of the molecule is C#CCC(NN)c1cccc2nccnc12. The Hall–Kier alpha value is -1.96. The van der Waals surface area contributed by atoms with Gasteiger partial charge in [0.25, 0.3) is 0 Å². The lowest BCUT2D eigenvalue weighted by atomic mass is 10.0. The van der Waals surface area contributed by atoms with Gasteiger partial charge in [-0.05, 0) is 11.6 Å². The van der Waals surface area contributed by atoms with Crippen LogP contribution in [0.2, 0.25) is 0 Å². The van der Waals surface area contributed by atoms with Crippen molar-refractivity contribution in [2.45, 2.75) is 12.5 Å². The average molecular weight is 212 g/mol. The van der Waals surface area contributed by atoms with E-state index in [0.29, 0.717) is 6.42 Å². The monoisotopic (exact) mass is 212 g/mol. The van der Waals surface area contributed by atoms with E-state index in [-0.39, 0.29) is 6.04 Å². The van der Waals surface area contributed by atoms with E-state index in [1.165, 1.54) is 0 Å². The van der Waals surface area contributed by atoms with Crippen LogP contribution < -0.4 is 11.3 Å². The van der Waals surface area contributed by atoms with Crippen LogP contribution in [0.25, 0.3) is 11.0 Å². The Balaban J connectivity index is 2.55. The zero-order chi connectivity index (χ0) is 11.4. The number of hydrogen-bond donors (Lipinski definition) is 2. The number of nitrogens with two attached hydrogens (primary N) is 1. The molecule has 1 heterocycles. The highest BCUT2D eigenvalue weighted by Crippen LogP contribution is 2.22. The van der Waals surface area contributed by atoms with E-state index in [4.69, 9.17) is 12.3 Å². The van der Waals surface area contributed by atoms with Gasteiger partial charge in [-0.25, -0.2) is 0 Å². The van der Waals surface area contributed by atoms with Gasteiger partial charge in [0.1, 0.15) is 0 Å². The number of hydrogen-bond acceptors (Lipinski definition) is 4. The molecule has 0 radical (unpaired) electrons. The van der Waals surface area contributed by atoms with Crippen LogP contribution >= 0.6 is 0 Å². The Morgan fingerprint density at radius 2 is 2.19 bits per heavy atom. The van der Waals surface area contributed by atoms with Gasteiger partial charge < -0.3 is 0 Å². The molecule has 1 aromatic carbocycles. The van der Waals surface area contributed by atoms with Crippen LogP contribution in [0.3, 0.4) is 0 Å². The van der Waals surface area contributed by atoms with Crippen LogP contribution in [0.5, 0.6) is 0 Å². The largest absolute Gasteiger partial charge is 0.271 e. The number of nitrogens with one attached hydrogen (secondary N) is 1. The van der Waals surface area contributed by atoms with Crippen molar-refractivity contribution >= 4 is 11.0 Å². The molecular weight excluding hydrogens is 200 g/mol. The molecule has 80 valence electrons. The van der Waals surface area contributed by atoms with Gasteiger partial charge in [-0.2, -0.15) is 0 Å². The first-order chi connectivity index (χ1) is 7.86. The van der Waals surface area contributed by atoms with Gasteiger partial charge in [0.15, 0.2) is 0 Å². The van der Waals surface area contributed by atoms with Gasteiger partial charge in [0.2, 0.25) is 0 Å². The van der Waals surface area contributed by atoms with Gasteiger partial charge in [-0.15, -0.1) is 12.3 Å². The van der Waals surface area contributed by atoms with Crippen molar-refractivity contribution in [3.05, 3.63) is 36.2 Å². The van der Waals surface area contributed by atoms with Crippen LogP contribution in [0.4, 0.5) is 0 Å². The number of aromatic nitrogens is 2. The second kappa shape index (κ2) is 4.71. The number of fused-ring (bicyclic) bond motifs is 1. The molecule has 0 saturated carbocycles. The molecule has 1 aromatic heterocycles. The van der Waals surface area contributed by atoms with Crippen molar-refractivity contribution in [2.75, 3.05) is 0 Å². The summed E-state index contributed by atoms with van der Waals surface area (Å²) >= 11 is 0. The fourth-order valence-corrected chi connectivity index (χ4v) is 1.67. The molecule has 0 aliphatic heterocycles. The molecule has 0 bridgehead atoms. The first-order valence-corrected chi connectivity index (χ1v) is 4.96. The molecule has 3 N–H and O–H groups in total. The first kappa shape index (κ1) is 10.6. The Bertz CT molecular complexity index is 525. The van der Waals surface area contributed by atoms with Crippen molar-refractivity contribution in [2.24, 2.45) is 5.84 Å². The van der Waals surface area contributed by atoms with Crippen molar-refractivity contribution < 1.29 is 0 Å². The molecule has 0 spiro atoms. The van der Waals surface area contributed by atoms with E-state index in [2.05, 4.69) is 21.3 Å². The van der Waals surface area contributed by atoms with Gasteiger partial charge in [-0.3, -0.25) is 21.2 Å². The van der Waals surface area contributed by atoms with Gasteiger partial charge >= 0.3 is 0 Å². The summed E-state index contributed by atoms with van der Waals surface area (Å²) in [5.41, 5.74) is 5.36. The highest BCUT2D eigenvalue weighted by molar-refractivity contribution is 5.78. The normalized spacial score (nSPS) is 12.2. The molecule has 0 fully saturated rings. The Morgan fingerprint density at radius 3 is 2.94 bits per heavy atom. The summed E-state index contributed by atoms with van der Waals surface area (Å²) in [6.07, 6.45) is 9.15. The van der Waals surface area contributed by atoms with Crippen LogP contribution in [0.15, 0.2) is 30.6 Å². The fourth-order valence-electron chi connectivity index (χ4n) is 1.67. The molecule has 16 heavy (non-hydrogen) atoms. The number of hydrazine groups is 1. The number of rotatable bonds is 3. The van der Waals surface area contributed by atoms with Gasteiger partial charge in [0.05, 0.1) is 17.1 Å². The van der Waals surface area contributed by atoms with Crippen molar-refractivity contribution in [1.82, 2.24) is 15.4 Å². The van der Waals surface area contributed by atoms with E-state index in [9.17, 15) is 0 Å². The summed E-state index contributed by atoms with van der Waals surface area (Å²) < 4.78 is 0. The zero-order valence-corrected chi connectivity index (χ0v) is 8.72. The Morgan fingerprint density at radius 1 is 1.38 bits per heavy atom. The predicted molar refractivity (Wildman–Crippen MR) is 63.1 cm³/mol. The maximum absolute atomic E-state index is 5.49. The topological polar surface area (TPSA) is 63.8 Å². The summed E-state index contributed by atoms with van der Waals surface area (Å²) in [4.78, 5) is 8.54. The summed E-state index contributed by atoms with van der Waals surface area (Å²) in [6.45, 7) is 0. The van der Waals surface area contributed by atoms with Gasteiger partial charge in [-0.1, -0.05) is 12.1 Å². The molecule has 0 amide bonds. The van der Waals surface area contributed by atoms with Crippen LogP contribution in [0, 0.1) is 12.3 Å². The average Bonchev–Trinajstić information content (AvgIpc) is 2.35. The minimum atomic E-state index is -0.0922. The summed E-state index contributed by atoms with van der Waals surface area (Å²) in [5, 5.41) is 0. The number of terminal acetylenes is 1. The lowest BCUT2D eigenvalue weighted by Crippen LogP contribution is -2.28. The minimum absolute atomic E-state index is 0.0922. The van der Waals surface area contributed by atoms with Crippen LogP contribution in [-0.4, -0.2) is 9.97 Å². The van der Waals surface area contributed by atoms with Crippen LogP contribution in [-0.2, 0) is 0 Å². The van der Waals surface area contributed by atoms with E-state index in [1.54, 1.807) is 12.4 Å². The summed E-state index contributed by atoms with van der Waals surface area (Å²) in [6, 6.07) is 5.70. The second-order valence-corrected chi connectivity index (χ2v) is 3.40. The molecule has 4 nitrogen and oxygen atoms in total. The molecule has 1 atom stereocenters. The zero-order valence-electron chi connectivity index (χ0n) is 8.72. The third kappa shape index (κ3) is 1.87. The fraction of sp³-hybridized carbons (Fsp3) is 0.167. The number of para-hydroxylation sites is 1. The van der Waals surface area contributed by atoms with E-state index in [0.717, 1.165) is 16.6 Å². The highest BCUT2D eigenvalue weighted by Gasteiger charge is 2.12. The van der Waals surface area contributed by atoms with E-state index < -0.39 is 0 Å². The Labute approximate surface area is 93.9 Å². The molecular formula is C12H12N4. The van der Waals surface area contributed by atoms with E-state index in [1.807, 2.05) is 18.2 Å². The standard InChI is InChI=1S/C12H12N4/c1-2-4-10(16-13)9-5-3-6-11-12(9)15-8-7-14-11/h1,3,5-8,10,16H,4,13H2. The number of nitrogens with zero attached hydrogens (tertiary/aromatic N) is 2. The molecule has 1 unspecified atom stereocenters. The maximum atomic E-state index is 5.49. The van der Waals surface area contributed by atoms with Crippen molar-refractivity contribution in [3.8, 4) is 12.3 Å². The van der Waals surface area contributed by atoms with Crippen molar-refractivity contribution in [1.29, 1.82) is 0 Å². The maximum Gasteiger partial charge on any atom is 0.0935 e. The molecule has 4 heteroatoms. The number of benzene rings is 1.